The molecular formula is C12H8O3. The Kier molecular flexibility index (Phi) is 2.46. The van der Waals surface area contributed by atoms with Crippen molar-refractivity contribution in [3.05, 3.63) is 59.5 Å². The van der Waals surface area contributed by atoms with Crippen molar-refractivity contribution in [2.45, 2.75) is 0 Å². The highest BCUT2D eigenvalue weighted by Gasteiger charge is 2.12. The van der Waals surface area contributed by atoms with Crippen molar-refractivity contribution >= 4 is 12.1 Å². The second kappa shape index (κ2) is 3.92. The minimum atomic E-state index is -0.219. The molecular weight excluding hydrogens is 192 g/mol. The van der Waals surface area contributed by atoms with E-state index in [2.05, 4.69) is 0 Å². The molecule has 15 heavy (non-hydrogen) atoms. The zero-order valence-electron chi connectivity index (χ0n) is 7.84. The van der Waals surface area contributed by atoms with Crippen molar-refractivity contribution in [3.8, 4) is 0 Å². The predicted octanol–water partition coefficient (Wildman–Crippen LogP) is 2.32. The molecule has 0 aliphatic heterocycles. The molecule has 0 radical (unpaired) electrons. The largest absolute Gasteiger partial charge is 0.450 e. The van der Waals surface area contributed by atoms with Crippen molar-refractivity contribution in [2.24, 2.45) is 0 Å². The van der Waals surface area contributed by atoms with E-state index in [1.807, 2.05) is 6.07 Å². The van der Waals surface area contributed by atoms with Crippen LogP contribution >= 0.6 is 0 Å². The quantitative estimate of drug-likeness (QED) is 0.564. The average Bonchev–Trinajstić information content (AvgIpc) is 2.78. The van der Waals surface area contributed by atoms with E-state index in [1.165, 1.54) is 12.1 Å². The average molecular weight is 200 g/mol. The molecule has 0 saturated heterocycles. The Morgan fingerprint density at radius 1 is 1.07 bits per heavy atom. The molecule has 74 valence electrons. The van der Waals surface area contributed by atoms with Crippen LogP contribution in [0.2, 0.25) is 0 Å². The van der Waals surface area contributed by atoms with Gasteiger partial charge < -0.3 is 4.42 Å². The molecule has 1 aromatic heterocycles. The van der Waals surface area contributed by atoms with Crippen molar-refractivity contribution in [1.29, 1.82) is 0 Å². The molecule has 0 saturated carbocycles. The maximum atomic E-state index is 11.8. The molecule has 0 amide bonds. The van der Waals surface area contributed by atoms with Gasteiger partial charge in [0.2, 0.25) is 5.78 Å². The number of carbonyl (C=O) groups is 2. The third kappa shape index (κ3) is 1.86. The number of furan rings is 1. The van der Waals surface area contributed by atoms with Gasteiger partial charge in [-0.3, -0.25) is 9.59 Å². The monoisotopic (exact) mass is 200 g/mol. The van der Waals surface area contributed by atoms with Gasteiger partial charge in [-0.25, -0.2) is 0 Å². The zero-order chi connectivity index (χ0) is 10.7. The number of benzene rings is 1. The minimum Gasteiger partial charge on any atom is -0.450 e. The summed E-state index contributed by atoms with van der Waals surface area (Å²) >= 11 is 0. The third-order valence-corrected chi connectivity index (χ3v) is 2.00. The van der Waals surface area contributed by atoms with Gasteiger partial charge in [0.15, 0.2) is 17.8 Å². The fourth-order valence-corrected chi connectivity index (χ4v) is 1.27. The molecule has 0 atom stereocenters. The lowest BCUT2D eigenvalue weighted by atomic mass is 10.1. The maximum absolute atomic E-state index is 11.8. The highest BCUT2D eigenvalue weighted by molar-refractivity contribution is 6.07. The molecule has 1 heterocycles. The van der Waals surface area contributed by atoms with Crippen molar-refractivity contribution in [2.75, 3.05) is 0 Å². The summed E-state index contributed by atoms with van der Waals surface area (Å²) in [5, 5.41) is 0. The smallest absolute Gasteiger partial charge is 0.228 e. The third-order valence-electron chi connectivity index (χ3n) is 2.00. The van der Waals surface area contributed by atoms with Crippen molar-refractivity contribution in [1.82, 2.24) is 0 Å². The van der Waals surface area contributed by atoms with Gasteiger partial charge in [0.05, 0.1) is 0 Å². The normalized spacial score (nSPS) is 9.87. The van der Waals surface area contributed by atoms with Crippen LogP contribution < -0.4 is 0 Å². The lowest BCUT2D eigenvalue weighted by Gasteiger charge is -1.95. The van der Waals surface area contributed by atoms with Gasteiger partial charge in [-0.15, -0.1) is 0 Å². The molecule has 0 spiro atoms. The van der Waals surface area contributed by atoms with Gasteiger partial charge in [0, 0.05) is 5.56 Å². The standard InChI is InChI=1S/C12H8O3/c13-8-10-6-7-11(15-10)12(14)9-4-2-1-3-5-9/h1-8H. The van der Waals surface area contributed by atoms with E-state index in [0.29, 0.717) is 11.8 Å². The molecule has 0 N–H and O–H groups in total. The van der Waals surface area contributed by atoms with Crippen LogP contribution in [0.3, 0.4) is 0 Å². The second-order valence-electron chi connectivity index (χ2n) is 3.02. The first-order valence-electron chi connectivity index (χ1n) is 4.46. The van der Waals surface area contributed by atoms with E-state index in [-0.39, 0.29) is 17.3 Å². The van der Waals surface area contributed by atoms with E-state index in [1.54, 1.807) is 24.3 Å². The van der Waals surface area contributed by atoms with Crippen LogP contribution in [-0.2, 0) is 0 Å². The highest BCUT2D eigenvalue weighted by atomic mass is 16.4. The number of rotatable bonds is 3. The molecule has 3 heteroatoms. The maximum Gasteiger partial charge on any atom is 0.228 e. The number of aldehydes is 1. The fourth-order valence-electron chi connectivity index (χ4n) is 1.27. The first kappa shape index (κ1) is 9.40. The van der Waals surface area contributed by atoms with E-state index in [4.69, 9.17) is 4.42 Å². The van der Waals surface area contributed by atoms with Crippen LogP contribution in [0.5, 0.6) is 0 Å². The molecule has 0 aliphatic carbocycles. The van der Waals surface area contributed by atoms with Gasteiger partial charge in [-0.2, -0.15) is 0 Å². The topological polar surface area (TPSA) is 47.3 Å². The van der Waals surface area contributed by atoms with Gasteiger partial charge in [0.25, 0.3) is 0 Å². The van der Waals surface area contributed by atoms with Crippen LogP contribution in [0, 0.1) is 0 Å². The Bertz CT molecular complexity index is 483. The molecule has 0 unspecified atom stereocenters. The van der Waals surface area contributed by atoms with Crippen LogP contribution in [0.25, 0.3) is 0 Å². The fraction of sp³-hybridized carbons (Fsp3) is 0. The Hall–Kier alpha value is -2.16. The van der Waals surface area contributed by atoms with Crippen molar-refractivity contribution in [3.63, 3.8) is 0 Å². The Morgan fingerprint density at radius 2 is 1.80 bits per heavy atom. The van der Waals surface area contributed by atoms with Crippen LogP contribution in [-0.4, -0.2) is 12.1 Å². The molecule has 1 aromatic carbocycles. The lowest BCUT2D eigenvalue weighted by molar-refractivity contribution is 0.100. The lowest BCUT2D eigenvalue weighted by Crippen LogP contribution is -1.98. The van der Waals surface area contributed by atoms with Crippen LogP contribution in [0.4, 0.5) is 0 Å². The first-order chi connectivity index (χ1) is 7.31. The summed E-state index contributed by atoms with van der Waals surface area (Å²) in [5.74, 6) is 0.126. The van der Waals surface area contributed by atoms with Gasteiger partial charge >= 0.3 is 0 Å². The van der Waals surface area contributed by atoms with E-state index in [0.717, 1.165) is 0 Å². The van der Waals surface area contributed by atoms with Gasteiger partial charge in [-0.05, 0) is 12.1 Å². The van der Waals surface area contributed by atoms with Gasteiger partial charge in [-0.1, -0.05) is 30.3 Å². The number of carbonyl (C=O) groups excluding carboxylic acids is 2. The van der Waals surface area contributed by atoms with Crippen LogP contribution in [0.15, 0.2) is 46.9 Å². The van der Waals surface area contributed by atoms with E-state index in [9.17, 15) is 9.59 Å². The van der Waals surface area contributed by atoms with E-state index >= 15 is 0 Å². The summed E-state index contributed by atoms with van der Waals surface area (Å²) in [6.45, 7) is 0. The van der Waals surface area contributed by atoms with E-state index < -0.39 is 0 Å². The SMILES string of the molecule is O=Cc1ccc(C(=O)c2ccccc2)o1. The number of hydrogen-bond donors (Lipinski definition) is 0. The Morgan fingerprint density at radius 3 is 2.40 bits per heavy atom. The molecule has 0 fully saturated rings. The minimum absolute atomic E-state index is 0.161. The molecule has 2 aromatic rings. The zero-order valence-corrected chi connectivity index (χ0v) is 7.84. The molecule has 0 bridgehead atoms. The summed E-state index contributed by atoms with van der Waals surface area (Å²) < 4.78 is 5.03. The molecule has 3 nitrogen and oxygen atoms in total. The van der Waals surface area contributed by atoms with Gasteiger partial charge in [0.1, 0.15) is 0 Å². The summed E-state index contributed by atoms with van der Waals surface area (Å²) in [6.07, 6.45) is 0.571. The van der Waals surface area contributed by atoms with Crippen molar-refractivity contribution < 1.29 is 14.0 Å². The summed E-state index contributed by atoms with van der Waals surface area (Å²) in [6, 6.07) is 11.8. The number of hydrogen-bond acceptors (Lipinski definition) is 3. The first-order valence-corrected chi connectivity index (χ1v) is 4.46. The predicted molar refractivity (Wildman–Crippen MR) is 54.0 cm³/mol. The summed E-state index contributed by atoms with van der Waals surface area (Å²) in [7, 11) is 0. The molecule has 2 rings (SSSR count). The Balaban J connectivity index is 2.32. The number of ketones is 1. The summed E-state index contributed by atoms with van der Waals surface area (Å²) in [5.41, 5.74) is 0.546. The molecule has 0 aliphatic rings. The Labute approximate surface area is 86.3 Å². The summed E-state index contributed by atoms with van der Waals surface area (Å²) in [4.78, 5) is 22.1. The second-order valence-corrected chi connectivity index (χ2v) is 3.02. The van der Waals surface area contributed by atoms with Crippen LogP contribution in [0.1, 0.15) is 26.7 Å². The highest BCUT2D eigenvalue weighted by Crippen LogP contribution is 2.12.